The fourth-order valence-corrected chi connectivity index (χ4v) is 3.84. The van der Waals surface area contributed by atoms with E-state index in [1.54, 1.807) is 37.5 Å². The van der Waals surface area contributed by atoms with Gasteiger partial charge in [-0.25, -0.2) is 4.79 Å². The van der Waals surface area contributed by atoms with Crippen molar-refractivity contribution in [2.24, 2.45) is 13.0 Å². The predicted octanol–water partition coefficient (Wildman–Crippen LogP) is 2.66. The van der Waals surface area contributed by atoms with Gasteiger partial charge in [0.1, 0.15) is 5.69 Å². The Bertz CT molecular complexity index is 748. The van der Waals surface area contributed by atoms with Crippen molar-refractivity contribution in [3.05, 3.63) is 22.5 Å². The van der Waals surface area contributed by atoms with Crippen LogP contribution in [0.3, 0.4) is 0 Å². The van der Waals surface area contributed by atoms with E-state index in [-0.39, 0.29) is 17.6 Å². The number of aromatic nitrogens is 1. The van der Waals surface area contributed by atoms with Crippen molar-refractivity contribution in [1.29, 1.82) is 0 Å². The van der Waals surface area contributed by atoms with Crippen LogP contribution in [0.15, 0.2) is 0 Å². The topological polar surface area (TPSA) is 77.8 Å². The molecule has 0 N–H and O–H groups in total. The number of ketones is 1. The Morgan fingerprint density at radius 1 is 1.21 bits per heavy atom. The van der Waals surface area contributed by atoms with Gasteiger partial charge in [-0.15, -0.1) is 0 Å². The van der Waals surface area contributed by atoms with E-state index < -0.39 is 12.0 Å². The number of esters is 1. The second kappa shape index (κ2) is 9.37. The number of rotatable bonds is 9. The highest BCUT2D eigenvalue weighted by Crippen LogP contribution is 2.30. The third-order valence-electron chi connectivity index (χ3n) is 5.89. The molecule has 0 aromatic carbocycles. The fourth-order valence-electron chi connectivity index (χ4n) is 3.84. The zero-order valence-corrected chi connectivity index (χ0v) is 17.8. The Hall–Kier alpha value is -2.15. The normalized spacial score (nSPS) is 15.1. The number of methoxy groups -OCH3 is 2. The molecule has 1 unspecified atom stereocenters. The van der Waals surface area contributed by atoms with Crippen LogP contribution in [0, 0.1) is 19.8 Å². The van der Waals surface area contributed by atoms with Gasteiger partial charge in [0.15, 0.2) is 5.78 Å². The standard InChI is InChI=1S/C21H32N2O5/c1-13-17(14(2)22(4)18(13)21(26)28-6)19(24)15(3)23(11-8-12-27-5)20(25)16-9-7-10-16/h15-16H,7-12H2,1-6H3. The van der Waals surface area contributed by atoms with Crippen LogP contribution in [0.5, 0.6) is 0 Å². The molecule has 1 aromatic heterocycles. The number of amides is 1. The van der Waals surface area contributed by atoms with Crippen LogP contribution >= 0.6 is 0 Å². The van der Waals surface area contributed by atoms with Gasteiger partial charge in [-0.2, -0.15) is 0 Å². The lowest BCUT2D eigenvalue weighted by molar-refractivity contribution is -0.139. The summed E-state index contributed by atoms with van der Waals surface area (Å²) in [7, 11) is 4.69. The molecule has 1 amide bonds. The van der Waals surface area contributed by atoms with Crippen molar-refractivity contribution in [2.45, 2.75) is 52.5 Å². The molecule has 0 radical (unpaired) electrons. The minimum absolute atomic E-state index is 0.0152. The monoisotopic (exact) mass is 392 g/mol. The number of carbonyl (C=O) groups excluding carboxylic acids is 3. The molecule has 1 heterocycles. The molecule has 0 aliphatic heterocycles. The van der Waals surface area contributed by atoms with Crippen LogP contribution in [0.25, 0.3) is 0 Å². The van der Waals surface area contributed by atoms with E-state index in [1.165, 1.54) is 7.11 Å². The molecule has 1 aromatic rings. The number of hydrogen-bond donors (Lipinski definition) is 0. The van der Waals surface area contributed by atoms with Gasteiger partial charge >= 0.3 is 5.97 Å². The average molecular weight is 392 g/mol. The van der Waals surface area contributed by atoms with E-state index in [9.17, 15) is 14.4 Å². The van der Waals surface area contributed by atoms with Crippen LogP contribution in [-0.4, -0.2) is 60.5 Å². The molecule has 7 heteroatoms. The van der Waals surface area contributed by atoms with Crippen LogP contribution in [0.2, 0.25) is 0 Å². The van der Waals surface area contributed by atoms with Gasteiger partial charge in [0.2, 0.25) is 5.91 Å². The Balaban J connectivity index is 2.33. The summed E-state index contributed by atoms with van der Waals surface area (Å²) in [6.45, 7) is 6.34. The highest BCUT2D eigenvalue weighted by Gasteiger charge is 2.36. The van der Waals surface area contributed by atoms with Gasteiger partial charge in [0.25, 0.3) is 0 Å². The summed E-state index contributed by atoms with van der Waals surface area (Å²) in [5, 5.41) is 0. The van der Waals surface area contributed by atoms with Crippen LogP contribution in [0.1, 0.15) is 64.7 Å². The molecule has 156 valence electrons. The van der Waals surface area contributed by atoms with Gasteiger partial charge in [-0.3, -0.25) is 9.59 Å². The molecule has 1 saturated carbocycles. The summed E-state index contributed by atoms with van der Waals surface area (Å²) in [5.41, 5.74) is 2.15. The van der Waals surface area contributed by atoms with Crippen LogP contribution < -0.4 is 0 Å². The molecular weight excluding hydrogens is 360 g/mol. The highest BCUT2D eigenvalue weighted by molar-refractivity contribution is 6.06. The van der Waals surface area contributed by atoms with Crippen molar-refractivity contribution < 1.29 is 23.9 Å². The third kappa shape index (κ3) is 4.14. The molecule has 7 nitrogen and oxygen atoms in total. The summed E-state index contributed by atoms with van der Waals surface area (Å²) in [5.74, 6) is -0.563. The lowest BCUT2D eigenvalue weighted by atomic mass is 9.83. The first-order valence-electron chi connectivity index (χ1n) is 9.84. The zero-order valence-electron chi connectivity index (χ0n) is 17.8. The predicted molar refractivity (Wildman–Crippen MR) is 106 cm³/mol. The maximum absolute atomic E-state index is 13.4. The quantitative estimate of drug-likeness (QED) is 0.367. The molecular formula is C21H32N2O5. The lowest BCUT2D eigenvalue weighted by Crippen LogP contribution is -2.48. The Morgan fingerprint density at radius 3 is 2.36 bits per heavy atom. The van der Waals surface area contributed by atoms with E-state index in [0.717, 1.165) is 19.3 Å². The molecule has 1 atom stereocenters. The number of nitrogens with zero attached hydrogens (tertiary/aromatic N) is 2. The Kier molecular flexibility index (Phi) is 7.41. The summed E-state index contributed by atoms with van der Waals surface area (Å²) >= 11 is 0. The SMILES string of the molecule is COCCCN(C(=O)C1CCC1)C(C)C(=O)c1c(C)c(C(=O)OC)n(C)c1C. The van der Waals surface area contributed by atoms with Gasteiger partial charge in [0.05, 0.1) is 13.2 Å². The van der Waals surface area contributed by atoms with E-state index in [2.05, 4.69) is 0 Å². The minimum Gasteiger partial charge on any atom is -0.464 e. The summed E-state index contributed by atoms with van der Waals surface area (Å²) < 4.78 is 11.7. The van der Waals surface area contributed by atoms with Crippen molar-refractivity contribution in [2.75, 3.05) is 27.4 Å². The molecule has 1 aliphatic carbocycles. The van der Waals surface area contributed by atoms with Crippen molar-refractivity contribution in [1.82, 2.24) is 9.47 Å². The van der Waals surface area contributed by atoms with Gasteiger partial charge in [-0.05, 0) is 45.6 Å². The van der Waals surface area contributed by atoms with Crippen LogP contribution in [-0.2, 0) is 21.3 Å². The first-order valence-corrected chi connectivity index (χ1v) is 9.84. The number of Topliss-reactive ketones (excluding diaryl/α,β-unsaturated/α-hetero) is 1. The second-order valence-corrected chi connectivity index (χ2v) is 7.53. The summed E-state index contributed by atoms with van der Waals surface area (Å²) in [6.07, 6.45) is 3.50. The largest absolute Gasteiger partial charge is 0.464 e. The van der Waals surface area contributed by atoms with E-state index in [4.69, 9.17) is 9.47 Å². The van der Waals surface area contributed by atoms with Crippen LogP contribution in [0.4, 0.5) is 0 Å². The first-order chi connectivity index (χ1) is 13.3. The minimum atomic E-state index is -0.602. The van der Waals surface area contributed by atoms with E-state index in [0.29, 0.717) is 42.1 Å². The molecule has 0 bridgehead atoms. The first kappa shape index (κ1) is 22.1. The maximum Gasteiger partial charge on any atom is 0.354 e. The maximum atomic E-state index is 13.4. The Labute approximate surface area is 167 Å². The van der Waals surface area contributed by atoms with Gasteiger partial charge in [0, 0.05) is 44.5 Å². The smallest absolute Gasteiger partial charge is 0.354 e. The van der Waals surface area contributed by atoms with E-state index in [1.807, 2.05) is 6.92 Å². The molecule has 0 saturated heterocycles. The van der Waals surface area contributed by atoms with Crippen molar-refractivity contribution in [3.8, 4) is 0 Å². The molecule has 1 aliphatic rings. The second-order valence-electron chi connectivity index (χ2n) is 7.53. The van der Waals surface area contributed by atoms with Crippen molar-refractivity contribution >= 4 is 17.7 Å². The lowest BCUT2D eigenvalue weighted by Gasteiger charge is -2.35. The number of ether oxygens (including phenoxy) is 2. The average Bonchev–Trinajstić information content (AvgIpc) is 2.84. The summed E-state index contributed by atoms with van der Waals surface area (Å²) in [6, 6.07) is -0.602. The number of carbonyl (C=O) groups is 3. The fraction of sp³-hybridized carbons (Fsp3) is 0.667. The molecule has 0 spiro atoms. The Morgan fingerprint density at radius 2 is 1.86 bits per heavy atom. The van der Waals surface area contributed by atoms with Crippen molar-refractivity contribution in [3.63, 3.8) is 0 Å². The molecule has 2 rings (SSSR count). The molecule has 1 fully saturated rings. The third-order valence-corrected chi connectivity index (χ3v) is 5.89. The summed E-state index contributed by atoms with van der Waals surface area (Å²) in [4.78, 5) is 40.1. The van der Waals surface area contributed by atoms with E-state index >= 15 is 0 Å². The highest BCUT2D eigenvalue weighted by atomic mass is 16.5. The van der Waals surface area contributed by atoms with Gasteiger partial charge < -0.3 is 18.9 Å². The number of hydrogen-bond acceptors (Lipinski definition) is 5. The molecule has 28 heavy (non-hydrogen) atoms. The zero-order chi connectivity index (χ0) is 21.0. The van der Waals surface area contributed by atoms with Gasteiger partial charge in [-0.1, -0.05) is 6.42 Å².